The van der Waals surface area contributed by atoms with E-state index < -0.39 is 8.07 Å². The lowest BCUT2D eigenvalue weighted by molar-refractivity contribution is 1.18. The summed E-state index contributed by atoms with van der Waals surface area (Å²) < 4.78 is 5.23. The highest BCUT2D eigenvalue weighted by Crippen LogP contribution is 2.45. The van der Waals surface area contributed by atoms with E-state index in [-0.39, 0.29) is 0 Å². The van der Waals surface area contributed by atoms with Crippen LogP contribution >= 0.6 is 11.3 Å². The average Bonchev–Trinajstić information content (AvgIpc) is 3.63. The summed E-state index contributed by atoms with van der Waals surface area (Å²) in [6.07, 6.45) is 0. The summed E-state index contributed by atoms with van der Waals surface area (Å²) in [5.74, 6) is 0. The second-order valence-corrected chi connectivity index (χ2v) is 17.1. The number of nitrogens with zero attached hydrogens (tertiary/aromatic N) is 1. The third kappa shape index (κ3) is 3.10. The first-order valence-electron chi connectivity index (χ1n) is 14.3. The highest BCUT2D eigenvalue weighted by molar-refractivity contribution is 7.25. The fourth-order valence-electron chi connectivity index (χ4n) is 7.36. The molecule has 0 radical (unpaired) electrons. The molecule has 0 aliphatic carbocycles. The third-order valence-electron chi connectivity index (χ3n) is 9.16. The molecular weight excluding hydrogens is 531 g/mol. The van der Waals surface area contributed by atoms with E-state index in [0.29, 0.717) is 0 Å². The Morgan fingerprint density at radius 3 is 2.15 bits per heavy atom. The smallest absolute Gasteiger partial charge is 0.116 e. The zero-order chi connectivity index (χ0) is 27.3. The number of aromatic nitrogens is 1. The van der Waals surface area contributed by atoms with Gasteiger partial charge in [0, 0.05) is 36.6 Å². The monoisotopic (exact) mass is 557 g/mol. The van der Waals surface area contributed by atoms with Crippen molar-refractivity contribution in [2.45, 2.75) is 13.1 Å². The van der Waals surface area contributed by atoms with Crippen molar-refractivity contribution in [2.24, 2.45) is 0 Å². The molecule has 3 heterocycles. The largest absolute Gasteiger partial charge is 0.309 e. The minimum atomic E-state index is -2.04. The highest BCUT2D eigenvalue weighted by Gasteiger charge is 2.41. The molecule has 3 heteroatoms. The molecule has 6 aromatic carbocycles. The van der Waals surface area contributed by atoms with Crippen molar-refractivity contribution in [1.29, 1.82) is 0 Å². The molecule has 0 saturated carbocycles. The normalized spacial score (nSPS) is 13.8. The second kappa shape index (κ2) is 8.29. The Hall–Kier alpha value is -4.44. The van der Waals surface area contributed by atoms with Crippen LogP contribution in [0.5, 0.6) is 0 Å². The first-order valence-corrected chi connectivity index (χ1v) is 18.1. The van der Waals surface area contributed by atoms with Crippen LogP contribution in [0.25, 0.3) is 69.9 Å². The third-order valence-corrected chi connectivity index (χ3v) is 13.8. The van der Waals surface area contributed by atoms with Crippen LogP contribution in [0.3, 0.4) is 0 Å². The van der Waals surface area contributed by atoms with Crippen molar-refractivity contribution in [1.82, 2.24) is 4.57 Å². The number of hydrogen-bond acceptors (Lipinski definition) is 1. The summed E-state index contributed by atoms with van der Waals surface area (Å²) in [5.41, 5.74) is 9.38. The number of benzene rings is 6. The maximum absolute atomic E-state index is 2.55. The van der Waals surface area contributed by atoms with Gasteiger partial charge in [0.05, 0.1) is 11.0 Å². The molecule has 0 spiro atoms. The van der Waals surface area contributed by atoms with Crippen molar-refractivity contribution in [3.05, 3.63) is 127 Å². The number of fused-ring (bicyclic) bond motifs is 10. The molecule has 0 bridgehead atoms. The number of hydrogen-bond donors (Lipinski definition) is 0. The fraction of sp³-hybridized carbons (Fsp3) is 0.0526. The number of para-hydroxylation sites is 2. The van der Waals surface area contributed by atoms with Crippen LogP contribution in [-0.2, 0) is 0 Å². The van der Waals surface area contributed by atoms with E-state index in [2.05, 4.69) is 145 Å². The molecule has 1 aliphatic rings. The van der Waals surface area contributed by atoms with Crippen molar-refractivity contribution < 1.29 is 0 Å². The molecular formula is C38H27NSSi. The summed E-state index contributed by atoms with van der Waals surface area (Å²) in [4.78, 5) is 0. The Kier molecular flexibility index (Phi) is 4.71. The average molecular weight is 558 g/mol. The Bertz CT molecular complexity index is 2340. The molecule has 8 aromatic rings. The van der Waals surface area contributed by atoms with Gasteiger partial charge >= 0.3 is 0 Å². The Balaban J connectivity index is 1.48. The quantitative estimate of drug-likeness (QED) is 0.187. The van der Waals surface area contributed by atoms with Gasteiger partial charge in [-0.15, -0.1) is 11.3 Å². The summed E-state index contributed by atoms with van der Waals surface area (Å²) in [6.45, 7) is 5.09. The molecule has 1 nitrogen and oxygen atoms in total. The molecule has 0 amide bonds. The molecule has 0 N–H and O–H groups in total. The summed E-state index contributed by atoms with van der Waals surface area (Å²) in [7, 11) is -2.04. The molecule has 2 aromatic heterocycles. The SMILES string of the molecule is C[Si]1(C)c2ccccc2-c2c(-c3ccc4sc5ccccc5c4c3)cc3c4ccccc4n(-c4ccccc4)c3c21. The highest BCUT2D eigenvalue weighted by atomic mass is 32.1. The van der Waals surface area contributed by atoms with Gasteiger partial charge in [-0.05, 0) is 75.1 Å². The lowest BCUT2D eigenvalue weighted by atomic mass is 9.92. The number of thiophene rings is 1. The standard InChI is InChI=1S/C38H27NSSi/c1-41(2)35-19-11-8-16-28(35)36-29(24-20-21-34-30(22-24)27-15-7-10-18-33(27)40-34)23-31-26-14-6-9-17-32(26)39(37(31)38(36)41)25-12-4-3-5-13-25/h3-23H,1-2H3. The van der Waals surface area contributed by atoms with E-state index in [0.717, 1.165) is 0 Å². The van der Waals surface area contributed by atoms with Crippen molar-refractivity contribution in [2.75, 3.05) is 0 Å². The van der Waals surface area contributed by atoms with Gasteiger partial charge in [0.2, 0.25) is 0 Å². The summed E-state index contributed by atoms with van der Waals surface area (Å²) >= 11 is 1.89. The van der Waals surface area contributed by atoms with Gasteiger partial charge in [-0.1, -0.05) is 98.0 Å². The minimum absolute atomic E-state index is 1.22. The maximum atomic E-state index is 2.55. The van der Waals surface area contributed by atoms with Gasteiger partial charge in [0.25, 0.3) is 0 Å². The second-order valence-electron chi connectivity index (χ2n) is 11.7. The molecule has 0 fully saturated rings. The molecule has 0 saturated heterocycles. The van der Waals surface area contributed by atoms with Crippen molar-refractivity contribution >= 4 is 71.8 Å². The van der Waals surface area contributed by atoms with E-state index in [4.69, 9.17) is 0 Å². The predicted octanol–water partition coefficient (Wildman–Crippen LogP) is 9.62. The van der Waals surface area contributed by atoms with Crippen LogP contribution in [0, 0.1) is 0 Å². The first-order chi connectivity index (χ1) is 20.1. The lowest BCUT2D eigenvalue weighted by Gasteiger charge is -2.22. The van der Waals surface area contributed by atoms with E-state index >= 15 is 0 Å². The van der Waals surface area contributed by atoms with Gasteiger partial charge in [0.1, 0.15) is 8.07 Å². The maximum Gasteiger partial charge on any atom is 0.116 e. The van der Waals surface area contributed by atoms with Crippen LogP contribution in [0.4, 0.5) is 0 Å². The molecule has 0 atom stereocenters. The predicted molar refractivity (Wildman–Crippen MR) is 181 cm³/mol. The Labute approximate surface area is 243 Å². The van der Waals surface area contributed by atoms with Crippen LogP contribution in [0.15, 0.2) is 127 Å². The fourth-order valence-corrected chi connectivity index (χ4v) is 11.8. The van der Waals surface area contributed by atoms with Crippen LogP contribution in [-0.4, -0.2) is 12.6 Å². The Morgan fingerprint density at radius 2 is 1.27 bits per heavy atom. The zero-order valence-corrected chi connectivity index (χ0v) is 24.8. The van der Waals surface area contributed by atoms with Crippen molar-refractivity contribution in [3.63, 3.8) is 0 Å². The van der Waals surface area contributed by atoms with Gasteiger partial charge in [-0.3, -0.25) is 0 Å². The van der Waals surface area contributed by atoms with E-state index in [1.165, 1.54) is 75.1 Å². The van der Waals surface area contributed by atoms with Crippen LogP contribution < -0.4 is 10.4 Å². The molecule has 194 valence electrons. The van der Waals surface area contributed by atoms with Crippen LogP contribution in [0.2, 0.25) is 13.1 Å². The van der Waals surface area contributed by atoms with E-state index in [9.17, 15) is 0 Å². The van der Waals surface area contributed by atoms with Gasteiger partial charge in [-0.2, -0.15) is 0 Å². The molecule has 41 heavy (non-hydrogen) atoms. The van der Waals surface area contributed by atoms with Crippen LogP contribution in [0.1, 0.15) is 0 Å². The van der Waals surface area contributed by atoms with E-state index in [1.807, 2.05) is 11.3 Å². The van der Waals surface area contributed by atoms with Gasteiger partial charge < -0.3 is 4.57 Å². The topological polar surface area (TPSA) is 4.93 Å². The molecule has 1 aliphatic heterocycles. The summed E-state index contributed by atoms with van der Waals surface area (Å²) in [6, 6.07) is 47.5. The number of rotatable bonds is 2. The van der Waals surface area contributed by atoms with E-state index in [1.54, 1.807) is 5.19 Å². The van der Waals surface area contributed by atoms with Crippen molar-refractivity contribution in [3.8, 4) is 27.9 Å². The Morgan fingerprint density at radius 1 is 0.561 bits per heavy atom. The van der Waals surface area contributed by atoms with Gasteiger partial charge in [0.15, 0.2) is 0 Å². The van der Waals surface area contributed by atoms with Gasteiger partial charge in [-0.25, -0.2) is 0 Å². The zero-order valence-electron chi connectivity index (χ0n) is 23.0. The summed E-state index contributed by atoms with van der Waals surface area (Å²) in [5, 5.41) is 8.46. The minimum Gasteiger partial charge on any atom is -0.309 e. The lowest BCUT2D eigenvalue weighted by Crippen LogP contribution is -2.50. The first kappa shape index (κ1) is 23.3. The molecule has 9 rings (SSSR count). The molecule has 0 unspecified atom stereocenters.